The highest BCUT2D eigenvalue weighted by atomic mass is 32.5. The Morgan fingerprint density at radius 3 is 2.38 bits per heavy atom. The quantitative estimate of drug-likeness (QED) is 0.193. The van der Waals surface area contributed by atoms with Crippen LogP contribution in [0.5, 0.6) is 5.75 Å². The molecule has 0 radical (unpaired) electrons. The Bertz CT molecular complexity index is 1910. The standard InChI is InChI=1S/C28H20F9N5O3S2/c1-16-2-9-24(45-14-28(30,31)32)23(10-16)42-25(43)13-46-27(42)40-26(44)39-21-8-3-17(11-20(21)29)22-12-41(15-38-22)18-4-6-19(7-5-18)47(33,34,35,36)37/h2-12,15H,13-14H2,1H3,(H,39,44). The summed E-state index contributed by atoms with van der Waals surface area (Å²) in [6, 6.07) is 8.66. The minimum atomic E-state index is -9.85. The third-order valence-electron chi connectivity index (χ3n) is 6.38. The molecular weight excluding hydrogens is 689 g/mol. The second-order valence-electron chi connectivity index (χ2n) is 10.0. The minimum absolute atomic E-state index is 0.0682. The molecule has 19 heteroatoms. The number of urea groups is 1. The topological polar surface area (TPSA) is 88.8 Å². The van der Waals surface area contributed by atoms with Crippen LogP contribution in [0, 0.1) is 12.7 Å². The largest absolute Gasteiger partial charge is 0.482 e. The van der Waals surface area contributed by atoms with E-state index in [1.54, 1.807) is 6.92 Å². The Morgan fingerprint density at radius 1 is 1.04 bits per heavy atom. The van der Waals surface area contributed by atoms with E-state index < -0.39 is 45.7 Å². The number of rotatable bonds is 7. The van der Waals surface area contributed by atoms with E-state index in [4.69, 9.17) is 4.74 Å². The maximum atomic E-state index is 15.0. The predicted octanol–water partition coefficient (Wildman–Crippen LogP) is 9.25. The van der Waals surface area contributed by atoms with Crippen molar-refractivity contribution in [1.82, 2.24) is 9.55 Å². The summed E-state index contributed by atoms with van der Waals surface area (Å²) in [6.45, 7) is 0.00249. The number of aromatic nitrogens is 2. The number of amides is 3. The van der Waals surface area contributed by atoms with Crippen LogP contribution in [0.2, 0.25) is 0 Å². The first-order valence-electron chi connectivity index (χ1n) is 13.0. The second kappa shape index (κ2) is 11.3. The highest BCUT2D eigenvalue weighted by molar-refractivity contribution is 8.45. The number of imidazole rings is 1. The lowest BCUT2D eigenvalue weighted by Crippen LogP contribution is -2.31. The van der Waals surface area contributed by atoms with Crippen molar-refractivity contribution in [3.63, 3.8) is 0 Å². The second-order valence-corrected chi connectivity index (χ2v) is 13.4. The van der Waals surface area contributed by atoms with E-state index >= 15 is 0 Å². The number of carbonyl (C=O) groups excluding carboxylic acids is 2. The van der Waals surface area contributed by atoms with Crippen LogP contribution in [-0.2, 0) is 4.79 Å². The van der Waals surface area contributed by atoms with Crippen LogP contribution in [0.4, 0.5) is 53.2 Å². The van der Waals surface area contributed by atoms with Crippen molar-refractivity contribution in [3.8, 4) is 22.7 Å². The molecule has 3 aromatic carbocycles. The average Bonchev–Trinajstić information content (AvgIpc) is 3.59. The van der Waals surface area contributed by atoms with E-state index in [9.17, 15) is 46.6 Å². The normalized spacial score (nSPS) is 16.3. The molecule has 5 rings (SSSR count). The summed E-state index contributed by atoms with van der Waals surface area (Å²) in [5, 5.41) is 2.03. The number of aryl methyl sites for hydroxylation is 1. The van der Waals surface area contributed by atoms with Crippen LogP contribution in [-0.4, -0.2) is 45.2 Å². The van der Waals surface area contributed by atoms with Gasteiger partial charge in [-0.15, -0.1) is 0 Å². The van der Waals surface area contributed by atoms with Crippen molar-refractivity contribution >= 4 is 50.5 Å². The number of thioether (sulfide) groups is 1. The zero-order chi connectivity index (χ0) is 34.4. The molecule has 0 spiro atoms. The van der Waals surface area contributed by atoms with Gasteiger partial charge in [0.15, 0.2) is 11.8 Å². The highest BCUT2D eigenvalue weighted by Crippen LogP contribution is 3.02. The van der Waals surface area contributed by atoms with Crippen LogP contribution >= 0.6 is 22.0 Å². The first-order chi connectivity index (χ1) is 21.7. The summed E-state index contributed by atoms with van der Waals surface area (Å²) in [6.07, 6.45) is -2.17. The Balaban J connectivity index is 1.32. The number of anilines is 2. The van der Waals surface area contributed by atoms with Gasteiger partial charge in [0, 0.05) is 17.4 Å². The zero-order valence-electron chi connectivity index (χ0n) is 23.6. The molecule has 8 nitrogen and oxygen atoms in total. The first kappa shape index (κ1) is 33.7. The van der Waals surface area contributed by atoms with Gasteiger partial charge >= 0.3 is 22.4 Å². The molecule has 0 saturated carbocycles. The number of carbonyl (C=O) groups is 2. The molecule has 1 saturated heterocycles. The molecule has 1 aliphatic rings. The summed E-state index contributed by atoms with van der Waals surface area (Å²) in [5.74, 6) is -2.00. The van der Waals surface area contributed by atoms with Crippen LogP contribution in [0.3, 0.4) is 0 Å². The molecule has 1 N–H and O–H groups in total. The summed E-state index contributed by atoms with van der Waals surface area (Å²) in [7, 11) is -9.85. The third kappa shape index (κ3) is 8.02. The predicted molar refractivity (Wildman–Crippen MR) is 159 cm³/mol. The van der Waals surface area contributed by atoms with Gasteiger partial charge in [0.25, 0.3) is 0 Å². The van der Waals surface area contributed by atoms with E-state index in [1.807, 2.05) is 0 Å². The summed E-state index contributed by atoms with van der Waals surface area (Å²) < 4.78 is 124. The van der Waals surface area contributed by atoms with E-state index in [0.29, 0.717) is 5.56 Å². The Kier molecular flexibility index (Phi) is 8.07. The lowest BCUT2D eigenvalue weighted by Gasteiger charge is -2.40. The molecule has 2 heterocycles. The molecule has 47 heavy (non-hydrogen) atoms. The molecule has 1 fully saturated rings. The first-order valence-corrected chi connectivity index (χ1v) is 15.9. The number of benzene rings is 3. The number of ether oxygens (including phenoxy) is 1. The summed E-state index contributed by atoms with van der Waals surface area (Å²) in [5.41, 5.74) is 0.575. The molecule has 0 aliphatic carbocycles. The monoisotopic (exact) mass is 709 g/mol. The lowest BCUT2D eigenvalue weighted by atomic mass is 10.1. The molecule has 1 aliphatic heterocycles. The summed E-state index contributed by atoms with van der Waals surface area (Å²) >= 11 is 0.829. The highest BCUT2D eigenvalue weighted by Gasteiger charge is 2.65. The number of alkyl halides is 3. The Morgan fingerprint density at radius 2 is 1.74 bits per heavy atom. The fourth-order valence-electron chi connectivity index (χ4n) is 4.26. The molecule has 4 aromatic rings. The molecule has 250 valence electrons. The third-order valence-corrected chi connectivity index (χ3v) is 8.47. The molecule has 1 aromatic heterocycles. The van der Waals surface area contributed by atoms with Gasteiger partial charge in [0.1, 0.15) is 16.5 Å². The van der Waals surface area contributed by atoms with Crippen molar-refractivity contribution in [2.24, 2.45) is 4.99 Å². The van der Waals surface area contributed by atoms with Crippen molar-refractivity contribution < 1.29 is 51.3 Å². The Labute approximate surface area is 264 Å². The van der Waals surface area contributed by atoms with Gasteiger partial charge < -0.3 is 14.6 Å². The van der Waals surface area contributed by atoms with Crippen LogP contribution in [0.1, 0.15) is 5.56 Å². The van der Waals surface area contributed by atoms with Gasteiger partial charge in [-0.2, -0.15) is 18.2 Å². The molecule has 0 atom stereocenters. The van der Waals surface area contributed by atoms with Crippen molar-refractivity contribution in [3.05, 3.63) is 84.6 Å². The summed E-state index contributed by atoms with van der Waals surface area (Å²) in [4.78, 5) is 32.1. The van der Waals surface area contributed by atoms with E-state index in [-0.39, 0.29) is 57.1 Å². The number of nitrogens with one attached hydrogen (secondary N) is 1. The van der Waals surface area contributed by atoms with Gasteiger partial charge in [-0.1, -0.05) is 43.3 Å². The van der Waals surface area contributed by atoms with Crippen molar-refractivity contribution in [2.45, 2.75) is 18.0 Å². The fraction of sp³-hybridized carbons (Fsp3) is 0.143. The van der Waals surface area contributed by atoms with E-state index in [1.165, 1.54) is 47.4 Å². The average molecular weight is 710 g/mol. The van der Waals surface area contributed by atoms with Gasteiger partial charge in [0.05, 0.1) is 29.1 Å². The Hall–Kier alpha value is -4.65. The number of nitrogens with zero attached hydrogens (tertiary/aromatic N) is 4. The molecular formula is C28H20F9N5O3S2. The maximum Gasteiger partial charge on any atom is 0.422 e. The number of aliphatic imine (C=N–C) groups is 1. The van der Waals surface area contributed by atoms with Gasteiger partial charge in [0.2, 0.25) is 5.91 Å². The van der Waals surface area contributed by atoms with Gasteiger partial charge in [-0.25, -0.2) is 14.2 Å². The van der Waals surface area contributed by atoms with E-state index in [0.717, 1.165) is 34.9 Å². The number of hydrogen-bond acceptors (Lipinski definition) is 5. The fourth-order valence-corrected chi connectivity index (χ4v) is 5.77. The van der Waals surface area contributed by atoms with Crippen molar-refractivity contribution in [2.75, 3.05) is 22.6 Å². The number of amidine groups is 1. The van der Waals surface area contributed by atoms with E-state index in [2.05, 4.69) is 15.3 Å². The van der Waals surface area contributed by atoms with Crippen LogP contribution in [0.25, 0.3) is 16.9 Å². The molecule has 0 bridgehead atoms. The van der Waals surface area contributed by atoms with Gasteiger partial charge in [-0.05, 0) is 61.0 Å². The molecule has 3 amide bonds. The lowest BCUT2D eigenvalue weighted by molar-refractivity contribution is -0.153. The SMILES string of the molecule is Cc1ccc(OCC(F)(F)F)c(N2C(=O)CSC2=NC(=O)Nc2ccc(-c3cn(-c4ccc(S(F)(F)(F)(F)F)cc4)cn3)cc2F)c1. The number of hydrogen-bond donors (Lipinski definition) is 1. The minimum Gasteiger partial charge on any atom is -0.482 e. The maximum absolute atomic E-state index is 15.0. The zero-order valence-corrected chi connectivity index (χ0v) is 25.2. The number of halogens is 9. The smallest absolute Gasteiger partial charge is 0.422 e. The van der Waals surface area contributed by atoms with Crippen LogP contribution < -0.4 is 15.0 Å². The van der Waals surface area contributed by atoms with Gasteiger partial charge in [-0.3, -0.25) is 9.69 Å². The molecule has 0 unspecified atom stereocenters. The van der Waals surface area contributed by atoms with Crippen LogP contribution in [0.15, 0.2) is 83.1 Å². The van der Waals surface area contributed by atoms with Crippen molar-refractivity contribution in [1.29, 1.82) is 0 Å².